The van der Waals surface area contributed by atoms with Crippen LogP contribution in [0.25, 0.3) is 0 Å². The molecule has 0 amide bonds. The average molecular weight is 265 g/mol. The standard InChI is InChI=1S/C13H19N3O3/c1-3-4-5-8-19-13-7-6-11(10(2)15-14)9-12(13)16(17)18/h6-7,9H,3-5,8,14H2,1-2H3. The molecule has 0 bridgehead atoms. The number of nitro benzene ring substituents is 1. The number of nitro groups is 1. The Balaban J connectivity index is 2.89. The van der Waals surface area contributed by atoms with Gasteiger partial charge in [0.2, 0.25) is 0 Å². The number of hydrazone groups is 1. The zero-order valence-corrected chi connectivity index (χ0v) is 11.3. The van der Waals surface area contributed by atoms with Crippen LogP contribution in [0.2, 0.25) is 0 Å². The van der Waals surface area contributed by atoms with Crippen LogP contribution in [0.15, 0.2) is 23.3 Å². The van der Waals surface area contributed by atoms with E-state index in [2.05, 4.69) is 12.0 Å². The van der Waals surface area contributed by atoms with Crippen LogP contribution in [0.1, 0.15) is 38.7 Å². The molecular weight excluding hydrogens is 246 g/mol. The molecule has 1 aromatic carbocycles. The van der Waals surface area contributed by atoms with Gasteiger partial charge in [0.1, 0.15) is 0 Å². The maximum absolute atomic E-state index is 11.0. The van der Waals surface area contributed by atoms with Gasteiger partial charge in [-0.3, -0.25) is 10.1 Å². The summed E-state index contributed by atoms with van der Waals surface area (Å²) in [6.45, 7) is 4.27. The Hall–Kier alpha value is -2.11. The van der Waals surface area contributed by atoms with Gasteiger partial charge in [-0.15, -0.1) is 0 Å². The van der Waals surface area contributed by atoms with Crippen LogP contribution in [-0.2, 0) is 0 Å². The summed E-state index contributed by atoms with van der Waals surface area (Å²) in [5, 5.41) is 14.6. The van der Waals surface area contributed by atoms with Gasteiger partial charge in [0.15, 0.2) is 5.75 Å². The summed E-state index contributed by atoms with van der Waals surface area (Å²) in [6.07, 6.45) is 3.01. The van der Waals surface area contributed by atoms with Crippen molar-refractivity contribution >= 4 is 11.4 Å². The maximum Gasteiger partial charge on any atom is 0.311 e. The molecule has 0 heterocycles. The molecule has 0 unspecified atom stereocenters. The fraction of sp³-hybridized carbons (Fsp3) is 0.462. The van der Waals surface area contributed by atoms with Crippen LogP contribution in [0, 0.1) is 10.1 Å². The molecule has 0 saturated heterocycles. The van der Waals surface area contributed by atoms with Crippen molar-refractivity contribution < 1.29 is 9.66 Å². The minimum Gasteiger partial charge on any atom is -0.487 e. The highest BCUT2D eigenvalue weighted by atomic mass is 16.6. The molecule has 0 radical (unpaired) electrons. The first-order chi connectivity index (χ1) is 9.10. The molecule has 104 valence electrons. The van der Waals surface area contributed by atoms with Crippen molar-refractivity contribution in [2.24, 2.45) is 10.9 Å². The van der Waals surface area contributed by atoms with Crippen LogP contribution in [0.3, 0.4) is 0 Å². The van der Waals surface area contributed by atoms with Crippen LogP contribution in [-0.4, -0.2) is 17.2 Å². The van der Waals surface area contributed by atoms with Crippen molar-refractivity contribution in [1.82, 2.24) is 0 Å². The quantitative estimate of drug-likeness (QED) is 0.270. The lowest BCUT2D eigenvalue weighted by molar-refractivity contribution is -0.385. The van der Waals surface area contributed by atoms with Gasteiger partial charge >= 0.3 is 5.69 Å². The number of hydrogen-bond acceptors (Lipinski definition) is 5. The first-order valence-electron chi connectivity index (χ1n) is 6.26. The summed E-state index contributed by atoms with van der Waals surface area (Å²) >= 11 is 0. The van der Waals surface area contributed by atoms with Gasteiger partial charge < -0.3 is 10.6 Å². The summed E-state index contributed by atoms with van der Waals surface area (Å²) in [5.41, 5.74) is 1.10. The lowest BCUT2D eigenvalue weighted by Crippen LogP contribution is -2.04. The summed E-state index contributed by atoms with van der Waals surface area (Å²) in [4.78, 5) is 10.6. The second-order valence-corrected chi connectivity index (χ2v) is 4.21. The molecule has 1 aromatic rings. The fourth-order valence-corrected chi connectivity index (χ4v) is 1.62. The minimum absolute atomic E-state index is 0.0583. The topological polar surface area (TPSA) is 90.8 Å². The van der Waals surface area contributed by atoms with Crippen molar-refractivity contribution in [1.29, 1.82) is 0 Å². The molecule has 0 aliphatic rings. The third kappa shape index (κ3) is 4.24. The molecule has 0 aliphatic heterocycles. The molecule has 0 aliphatic carbocycles. The first kappa shape index (κ1) is 14.9. The Morgan fingerprint density at radius 2 is 2.21 bits per heavy atom. The molecule has 0 spiro atoms. The molecule has 2 N–H and O–H groups in total. The van der Waals surface area contributed by atoms with E-state index in [0.29, 0.717) is 17.9 Å². The minimum atomic E-state index is -0.456. The molecule has 19 heavy (non-hydrogen) atoms. The van der Waals surface area contributed by atoms with Gasteiger partial charge in [0.05, 0.1) is 17.2 Å². The molecule has 6 heteroatoms. The van der Waals surface area contributed by atoms with Gasteiger partial charge in [-0.25, -0.2) is 0 Å². The smallest absolute Gasteiger partial charge is 0.311 e. The summed E-state index contributed by atoms with van der Waals surface area (Å²) < 4.78 is 5.46. The van der Waals surface area contributed by atoms with Crippen LogP contribution in [0.5, 0.6) is 5.75 Å². The molecule has 0 fully saturated rings. The van der Waals surface area contributed by atoms with E-state index in [0.717, 1.165) is 19.3 Å². The second-order valence-electron chi connectivity index (χ2n) is 4.21. The van der Waals surface area contributed by atoms with Gasteiger partial charge in [-0.05, 0) is 25.5 Å². The number of hydrogen-bond donors (Lipinski definition) is 1. The van der Waals surface area contributed by atoms with E-state index in [1.807, 2.05) is 0 Å². The van der Waals surface area contributed by atoms with Crippen LogP contribution in [0.4, 0.5) is 5.69 Å². The normalized spacial score (nSPS) is 11.4. The third-order valence-electron chi connectivity index (χ3n) is 2.77. The molecule has 0 aromatic heterocycles. The predicted molar refractivity (Wildman–Crippen MR) is 74.5 cm³/mol. The van der Waals surface area contributed by atoms with E-state index in [1.54, 1.807) is 19.1 Å². The zero-order chi connectivity index (χ0) is 14.3. The van der Waals surface area contributed by atoms with Crippen LogP contribution < -0.4 is 10.6 Å². The molecule has 1 rings (SSSR count). The van der Waals surface area contributed by atoms with Gasteiger partial charge in [-0.2, -0.15) is 5.10 Å². The Morgan fingerprint density at radius 3 is 2.79 bits per heavy atom. The number of rotatable bonds is 7. The highest BCUT2D eigenvalue weighted by molar-refractivity contribution is 5.99. The van der Waals surface area contributed by atoms with Crippen molar-refractivity contribution in [3.8, 4) is 5.75 Å². The van der Waals surface area contributed by atoms with E-state index in [4.69, 9.17) is 10.6 Å². The predicted octanol–water partition coefficient (Wildman–Crippen LogP) is 2.85. The van der Waals surface area contributed by atoms with Crippen molar-refractivity contribution in [3.63, 3.8) is 0 Å². The first-order valence-corrected chi connectivity index (χ1v) is 6.26. The Labute approximate surface area is 112 Å². The number of unbranched alkanes of at least 4 members (excludes halogenated alkanes) is 2. The molecule has 0 atom stereocenters. The largest absolute Gasteiger partial charge is 0.487 e. The van der Waals surface area contributed by atoms with E-state index < -0.39 is 4.92 Å². The SMILES string of the molecule is CCCCCOc1ccc(C(C)=NN)cc1[N+](=O)[O-]. The van der Waals surface area contributed by atoms with E-state index in [9.17, 15) is 10.1 Å². The van der Waals surface area contributed by atoms with Crippen LogP contribution >= 0.6 is 0 Å². The molecule has 6 nitrogen and oxygen atoms in total. The number of nitrogens with two attached hydrogens (primary N) is 1. The van der Waals surface area contributed by atoms with E-state index in [-0.39, 0.29) is 11.4 Å². The van der Waals surface area contributed by atoms with E-state index >= 15 is 0 Å². The van der Waals surface area contributed by atoms with Crippen molar-refractivity contribution in [3.05, 3.63) is 33.9 Å². The lowest BCUT2D eigenvalue weighted by Gasteiger charge is -2.07. The Kier molecular flexibility index (Phi) is 5.78. The van der Waals surface area contributed by atoms with Gasteiger partial charge in [0, 0.05) is 11.6 Å². The maximum atomic E-state index is 11.0. The zero-order valence-electron chi connectivity index (χ0n) is 11.3. The van der Waals surface area contributed by atoms with Gasteiger partial charge in [-0.1, -0.05) is 19.8 Å². The Bertz CT molecular complexity index is 472. The number of ether oxygens (including phenoxy) is 1. The Morgan fingerprint density at radius 1 is 1.47 bits per heavy atom. The summed E-state index contributed by atoms with van der Waals surface area (Å²) in [5.74, 6) is 5.46. The number of benzene rings is 1. The third-order valence-corrected chi connectivity index (χ3v) is 2.77. The van der Waals surface area contributed by atoms with Gasteiger partial charge in [0.25, 0.3) is 0 Å². The fourth-order valence-electron chi connectivity index (χ4n) is 1.62. The second kappa shape index (κ2) is 7.35. The lowest BCUT2D eigenvalue weighted by atomic mass is 10.1. The molecule has 0 saturated carbocycles. The summed E-state index contributed by atoms with van der Waals surface area (Å²) in [6, 6.07) is 4.74. The number of nitrogens with zero attached hydrogens (tertiary/aromatic N) is 2. The highest BCUT2D eigenvalue weighted by Crippen LogP contribution is 2.28. The van der Waals surface area contributed by atoms with Crippen molar-refractivity contribution in [2.75, 3.05) is 6.61 Å². The molecular formula is C13H19N3O3. The highest BCUT2D eigenvalue weighted by Gasteiger charge is 2.16. The monoisotopic (exact) mass is 265 g/mol. The average Bonchev–Trinajstić information content (AvgIpc) is 2.42. The van der Waals surface area contributed by atoms with E-state index in [1.165, 1.54) is 6.07 Å². The summed E-state index contributed by atoms with van der Waals surface area (Å²) in [7, 11) is 0. The van der Waals surface area contributed by atoms with Crippen molar-refractivity contribution in [2.45, 2.75) is 33.1 Å².